The van der Waals surface area contributed by atoms with Crippen LogP contribution in [-0.4, -0.2) is 99.8 Å². The number of carbonyl (C=O) groups is 1. The molecule has 8 unspecified atom stereocenters. The first-order valence-corrected chi connectivity index (χ1v) is 26.1. The maximum absolute atomic E-state index is 15.0. The van der Waals surface area contributed by atoms with Crippen LogP contribution in [0.3, 0.4) is 0 Å². The van der Waals surface area contributed by atoms with Crippen molar-refractivity contribution in [1.29, 1.82) is 0 Å². The minimum absolute atomic E-state index is 0.0523. The number of allylic oxidation sites excluding steroid dienone is 1. The predicted octanol–water partition coefficient (Wildman–Crippen LogP) is 18.8. The van der Waals surface area contributed by atoms with Crippen molar-refractivity contribution in [2.75, 3.05) is 7.11 Å². The number of esters is 1. The molecule has 0 amide bonds. The van der Waals surface area contributed by atoms with Crippen LogP contribution < -0.4 is 0 Å². The molecule has 0 heterocycles. The van der Waals surface area contributed by atoms with Crippen molar-refractivity contribution in [3.8, 4) is 0 Å². The zero-order chi connectivity index (χ0) is 57.0. The van der Waals surface area contributed by atoms with Crippen molar-refractivity contribution in [1.82, 2.24) is 0 Å². The Kier molecular flexibility index (Phi) is 25.2. The fourth-order valence-corrected chi connectivity index (χ4v) is 10.3. The molecule has 0 bridgehead atoms. The van der Waals surface area contributed by atoms with E-state index in [-0.39, 0.29) is 13.3 Å². The first kappa shape index (κ1) is 71.5. The van der Waals surface area contributed by atoms with Gasteiger partial charge in [-0.1, -0.05) is 143 Å². The van der Waals surface area contributed by atoms with Gasteiger partial charge >= 0.3 is 77.0 Å². The molecule has 0 aliphatic heterocycles. The van der Waals surface area contributed by atoms with E-state index in [1.807, 2.05) is 0 Å². The summed E-state index contributed by atoms with van der Waals surface area (Å²) in [4.78, 5) is 12.2. The first-order valence-electron chi connectivity index (χ1n) is 21.1. The summed E-state index contributed by atoms with van der Waals surface area (Å²) in [6, 6.07) is 0. The van der Waals surface area contributed by atoms with E-state index in [0.717, 1.165) is 95.7 Å². The Hall–Kier alpha value is 0.450. The monoisotopic (exact) mass is 1540 g/mol. The number of carbonyl (C=O) groups excluding carboxylic acids is 1. The lowest BCUT2D eigenvalue weighted by Gasteiger charge is -2.44. The summed E-state index contributed by atoms with van der Waals surface area (Å²) < 4.78 is 352. The maximum atomic E-state index is 15.0. The lowest BCUT2D eigenvalue weighted by atomic mass is 9.75. The van der Waals surface area contributed by atoms with Gasteiger partial charge in [0, 0.05) is 40.9 Å². The Balaban J connectivity index is 6.03. The molecule has 0 rings (SSSR count). The molecule has 8 atom stereocenters. The highest BCUT2D eigenvalue weighted by atomic mass is 127. The van der Waals surface area contributed by atoms with Gasteiger partial charge in [0.1, 0.15) is 0 Å². The van der Waals surface area contributed by atoms with Gasteiger partial charge in [0.15, 0.2) is 0 Å². The van der Waals surface area contributed by atoms with E-state index in [1.165, 1.54) is 35.6 Å². The second-order valence-electron chi connectivity index (χ2n) is 18.0. The van der Waals surface area contributed by atoms with Crippen LogP contribution in [0.4, 0.5) is 105 Å². The Morgan fingerprint density at radius 3 is 1.11 bits per heavy atom. The highest BCUT2D eigenvalue weighted by Crippen LogP contribution is 2.64. The van der Waals surface area contributed by atoms with E-state index in [2.05, 4.69) is 11.3 Å². The number of rotatable bonds is 33. The minimum atomic E-state index is -7.93. The molecule has 0 aromatic rings. The largest absolute Gasteiger partial charge is 0.469 e. The first-order chi connectivity index (χ1) is 31.3. The van der Waals surface area contributed by atoms with Crippen molar-refractivity contribution >= 4 is 96.3 Å². The Morgan fingerprint density at radius 1 is 0.479 bits per heavy atom. The molecule has 0 spiro atoms. The summed E-state index contributed by atoms with van der Waals surface area (Å²) in [6.45, 7) is 7.65. The Morgan fingerprint density at radius 2 is 0.789 bits per heavy atom. The van der Waals surface area contributed by atoms with Crippen LogP contribution >= 0.6 is 90.4 Å². The standard InChI is InChI=1S/C41H52F24I4O2/c1-8-9-10-11-14-21(2)26(68)19-31(44,45)35(52,53)39(60,61)38(58,59)34(50,51)30(42,43)18-25(67)16-13-12-15-22(3)27(69)20-32(46,47)36(54,55)40(62,63)41(64,65)37(56,57)33(48,49)23(4)17-29(6,24(5)66)28(70)71-7/h8,21-27H,1,9-20H2,2-7H3. The van der Waals surface area contributed by atoms with Crippen LogP contribution in [0.2, 0.25) is 0 Å². The molecule has 0 radical (unpaired) electrons. The predicted molar refractivity (Wildman–Crippen MR) is 249 cm³/mol. The quantitative estimate of drug-likeness (QED) is 0.0163. The van der Waals surface area contributed by atoms with Gasteiger partial charge in [-0.25, -0.2) is 0 Å². The molecule has 0 saturated heterocycles. The fraction of sp³-hybridized carbons (Fsp3) is 0.927. The second kappa shape index (κ2) is 25.1. The maximum Gasteiger partial charge on any atom is 0.384 e. The average Bonchev–Trinajstić information content (AvgIpc) is 3.21. The van der Waals surface area contributed by atoms with Crippen LogP contribution in [-0.2, 0) is 9.53 Å². The summed E-state index contributed by atoms with van der Waals surface area (Å²) in [6.07, 6.45) is -8.35. The summed E-state index contributed by atoms with van der Waals surface area (Å²) in [5.74, 6) is -93.4. The summed E-state index contributed by atoms with van der Waals surface area (Å²) >= 11 is 4.37. The summed E-state index contributed by atoms with van der Waals surface area (Å²) in [5.41, 5.74) is -2.19. The van der Waals surface area contributed by atoms with Gasteiger partial charge < -0.3 is 4.74 Å². The second-order valence-corrected chi connectivity index (χ2v) is 24.8. The Bertz CT molecular complexity index is 1720. The van der Waals surface area contributed by atoms with E-state index < -0.39 is 167 Å². The molecule has 424 valence electrons. The topological polar surface area (TPSA) is 26.3 Å². The third-order valence-corrected chi connectivity index (χ3v) is 18.2. The van der Waals surface area contributed by atoms with Gasteiger partial charge in [-0.05, 0) is 57.3 Å². The van der Waals surface area contributed by atoms with Gasteiger partial charge in [-0.2, -0.15) is 105 Å². The van der Waals surface area contributed by atoms with Crippen molar-refractivity contribution < 1.29 is 115 Å². The normalized spacial score (nSPS) is 18.8. The van der Waals surface area contributed by atoms with Gasteiger partial charge in [0.25, 0.3) is 0 Å². The number of hydrogen-bond acceptors (Lipinski definition) is 2. The van der Waals surface area contributed by atoms with E-state index in [0.29, 0.717) is 19.3 Å². The zero-order valence-corrected chi connectivity index (χ0v) is 46.8. The van der Waals surface area contributed by atoms with Crippen molar-refractivity contribution in [3.05, 3.63) is 12.7 Å². The lowest BCUT2D eigenvalue weighted by Crippen LogP contribution is -2.71. The van der Waals surface area contributed by atoms with E-state index >= 15 is 8.78 Å². The number of halogens is 28. The van der Waals surface area contributed by atoms with Crippen molar-refractivity contribution in [2.45, 2.75) is 198 Å². The van der Waals surface area contributed by atoms with Crippen molar-refractivity contribution in [2.24, 2.45) is 23.2 Å². The third-order valence-electron chi connectivity index (χ3n) is 12.4. The lowest BCUT2D eigenvalue weighted by molar-refractivity contribution is -0.429. The molecule has 0 aliphatic rings. The van der Waals surface area contributed by atoms with Gasteiger partial charge in [0.2, 0.25) is 0 Å². The van der Waals surface area contributed by atoms with E-state index in [1.54, 1.807) is 0 Å². The SMILES string of the molecule is C=CCCCCC(C)C(I)CC(F)(F)C(F)(F)C(F)(F)C(F)(F)C(F)(F)C(F)(F)CC(I)CCCCC(C)C(I)CC(F)(F)C(F)(F)C(F)(F)C(F)(F)C(F)(F)C(F)(F)C(C)CC(C)(C(=O)OC)C(C)I. The van der Waals surface area contributed by atoms with Crippen LogP contribution in [0, 0.1) is 23.2 Å². The molecule has 71 heavy (non-hydrogen) atoms. The number of ether oxygens (including phenoxy) is 1. The molecule has 0 fully saturated rings. The molecule has 0 aromatic heterocycles. The summed E-state index contributed by atoms with van der Waals surface area (Å²) in [5, 5.41) is 0. The van der Waals surface area contributed by atoms with Gasteiger partial charge in [-0.15, -0.1) is 6.58 Å². The minimum Gasteiger partial charge on any atom is -0.469 e. The summed E-state index contributed by atoms with van der Waals surface area (Å²) in [7, 11) is 0.721. The number of hydrogen-bond donors (Lipinski definition) is 0. The molecule has 0 aromatic carbocycles. The molecule has 0 aliphatic carbocycles. The molecule has 30 heteroatoms. The van der Waals surface area contributed by atoms with Crippen molar-refractivity contribution in [3.63, 3.8) is 0 Å². The smallest absolute Gasteiger partial charge is 0.384 e. The third kappa shape index (κ3) is 14.4. The van der Waals surface area contributed by atoms with Gasteiger partial charge in [0.05, 0.1) is 12.5 Å². The number of unbranched alkanes of at least 4 members (excludes halogenated alkanes) is 3. The number of methoxy groups -OCH3 is 1. The molecule has 0 saturated carbocycles. The molecular weight excluding hydrogens is 1490 g/mol. The van der Waals surface area contributed by atoms with Gasteiger partial charge in [-0.3, -0.25) is 4.79 Å². The average molecular weight is 1540 g/mol. The van der Waals surface area contributed by atoms with Crippen LogP contribution in [0.15, 0.2) is 12.7 Å². The fourth-order valence-electron chi connectivity index (χ4n) is 7.01. The highest BCUT2D eigenvalue weighted by molar-refractivity contribution is 14.1. The highest BCUT2D eigenvalue weighted by Gasteiger charge is 2.91. The molecule has 2 nitrogen and oxygen atoms in total. The van der Waals surface area contributed by atoms with Crippen LogP contribution in [0.25, 0.3) is 0 Å². The molecular formula is C41H52F24I4O2. The zero-order valence-electron chi connectivity index (χ0n) is 38.2. The van der Waals surface area contributed by atoms with E-state index in [4.69, 9.17) is 0 Å². The van der Waals surface area contributed by atoms with Crippen LogP contribution in [0.1, 0.15) is 112 Å². The molecule has 0 N–H and O–H groups in total. The van der Waals surface area contributed by atoms with E-state index in [9.17, 15) is 101 Å². The van der Waals surface area contributed by atoms with Crippen LogP contribution in [0.5, 0.6) is 0 Å². The number of alkyl halides is 28. The Labute approximate surface area is 449 Å².